The summed E-state index contributed by atoms with van der Waals surface area (Å²) < 4.78 is 0. The molecule has 2 aliphatic rings. The van der Waals surface area contributed by atoms with E-state index in [1.165, 1.54) is 19.3 Å². The third-order valence-electron chi connectivity index (χ3n) is 4.72. The second kappa shape index (κ2) is 5.74. The molecule has 1 N–H and O–H groups in total. The first-order chi connectivity index (χ1) is 9.67. The predicted molar refractivity (Wildman–Crippen MR) is 80.9 cm³/mol. The van der Waals surface area contributed by atoms with Gasteiger partial charge >= 0.3 is 0 Å². The first kappa shape index (κ1) is 13.9. The first-order valence-electron chi connectivity index (χ1n) is 7.40. The number of likely N-dealkylation sites (tertiary alicyclic amines) is 1. The van der Waals surface area contributed by atoms with Gasteiger partial charge in [-0.05, 0) is 55.5 Å². The van der Waals surface area contributed by atoms with Gasteiger partial charge in [0.1, 0.15) is 0 Å². The van der Waals surface area contributed by atoms with Crippen LogP contribution in [0.1, 0.15) is 24.8 Å². The van der Waals surface area contributed by atoms with Crippen molar-refractivity contribution >= 4 is 17.5 Å². The third-order valence-corrected chi connectivity index (χ3v) is 4.98. The number of nitrogens with one attached hydrogen (secondary N) is 1. The minimum atomic E-state index is 0.253. The molecule has 0 atom stereocenters. The average molecular weight is 293 g/mol. The molecule has 1 aromatic rings. The number of hydrogen-bond donors (Lipinski definition) is 1. The van der Waals surface area contributed by atoms with Crippen molar-refractivity contribution in [2.45, 2.75) is 25.7 Å². The highest BCUT2D eigenvalue weighted by Gasteiger charge is 2.40. The van der Waals surface area contributed by atoms with Gasteiger partial charge in [-0.25, -0.2) is 0 Å². The van der Waals surface area contributed by atoms with Gasteiger partial charge in [-0.1, -0.05) is 23.7 Å². The molecule has 0 saturated carbocycles. The van der Waals surface area contributed by atoms with Crippen LogP contribution in [0.15, 0.2) is 24.3 Å². The number of benzene rings is 1. The summed E-state index contributed by atoms with van der Waals surface area (Å²) >= 11 is 5.87. The van der Waals surface area contributed by atoms with Crippen LogP contribution in [-0.4, -0.2) is 37.0 Å². The zero-order chi connectivity index (χ0) is 14.0. The van der Waals surface area contributed by atoms with E-state index >= 15 is 0 Å². The summed E-state index contributed by atoms with van der Waals surface area (Å²) in [6.07, 6.45) is 4.07. The SMILES string of the molecule is O=C(Cc1ccc(Cl)cc1)N1CCC2(CCNCC2)C1. The first-order valence-corrected chi connectivity index (χ1v) is 7.78. The Hall–Kier alpha value is -1.06. The normalized spacial score (nSPS) is 21.4. The number of hydrogen-bond acceptors (Lipinski definition) is 2. The van der Waals surface area contributed by atoms with Crippen molar-refractivity contribution in [2.24, 2.45) is 5.41 Å². The van der Waals surface area contributed by atoms with E-state index in [0.29, 0.717) is 11.8 Å². The van der Waals surface area contributed by atoms with Crippen LogP contribution >= 0.6 is 11.6 Å². The lowest BCUT2D eigenvalue weighted by Gasteiger charge is -2.33. The van der Waals surface area contributed by atoms with Gasteiger partial charge in [-0.15, -0.1) is 0 Å². The molecule has 1 amide bonds. The third kappa shape index (κ3) is 2.99. The average Bonchev–Trinajstić information content (AvgIpc) is 2.86. The van der Waals surface area contributed by atoms with E-state index in [4.69, 9.17) is 11.6 Å². The maximum atomic E-state index is 12.4. The van der Waals surface area contributed by atoms with E-state index in [0.717, 1.165) is 36.8 Å². The van der Waals surface area contributed by atoms with Crippen molar-refractivity contribution in [2.75, 3.05) is 26.2 Å². The molecule has 1 aromatic carbocycles. The van der Waals surface area contributed by atoms with Crippen LogP contribution in [0.2, 0.25) is 5.02 Å². The number of amides is 1. The van der Waals surface area contributed by atoms with Gasteiger partial charge in [0.2, 0.25) is 5.91 Å². The Morgan fingerprint density at radius 3 is 2.60 bits per heavy atom. The lowest BCUT2D eigenvalue weighted by atomic mass is 9.78. The van der Waals surface area contributed by atoms with E-state index in [9.17, 15) is 4.79 Å². The van der Waals surface area contributed by atoms with Gasteiger partial charge in [0, 0.05) is 18.1 Å². The van der Waals surface area contributed by atoms with Crippen LogP contribution in [0.5, 0.6) is 0 Å². The second-order valence-corrected chi connectivity index (χ2v) is 6.55. The molecule has 1 spiro atoms. The predicted octanol–water partition coefficient (Wildman–Crippen LogP) is 2.48. The molecule has 2 fully saturated rings. The van der Waals surface area contributed by atoms with Crippen LogP contribution in [0.25, 0.3) is 0 Å². The molecule has 3 rings (SSSR count). The van der Waals surface area contributed by atoms with Crippen LogP contribution in [0.4, 0.5) is 0 Å². The molecule has 20 heavy (non-hydrogen) atoms. The smallest absolute Gasteiger partial charge is 0.227 e. The maximum absolute atomic E-state index is 12.4. The summed E-state index contributed by atoms with van der Waals surface area (Å²) in [4.78, 5) is 14.5. The molecule has 2 heterocycles. The fraction of sp³-hybridized carbons (Fsp3) is 0.562. The van der Waals surface area contributed by atoms with Crippen molar-refractivity contribution in [1.82, 2.24) is 10.2 Å². The minimum Gasteiger partial charge on any atom is -0.342 e. The van der Waals surface area contributed by atoms with Gasteiger partial charge < -0.3 is 10.2 Å². The van der Waals surface area contributed by atoms with E-state index in [1.807, 2.05) is 24.3 Å². The van der Waals surface area contributed by atoms with Gasteiger partial charge in [0.05, 0.1) is 6.42 Å². The fourth-order valence-corrected chi connectivity index (χ4v) is 3.53. The Labute approximate surface area is 125 Å². The molecule has 4 heteroatoms. The quantitative estimate of drug-likeness (QED) is 0.908. The number of halogens is 1. The molecule has 3 nitrogen and oxygen atoms in total. The van der Waals surface area contributed by atoms with E-state index in [1.54, 1.807) is 0 Å². The van der Waals surface area contributed by atoms with Gasteiger partial charge in [0.15, 0.2) is 0 Å². The second-order valence-electron chi connectivity index (χ2n) is 6.12. The molecule has 2 saturated heterocycles. The van der Waals surface area contributed by atoms with Gasteiger partial charge in [0.25, 0.3) is 0 Å². The highest BCUT2D eigenvalue weighted by Crippen LogP contribution is 2.38. The summed E-state index contributed by atoms with van der Waals surface area (Å²) in [5.41, 5.74) is 1.44. The summed E-state index contributed by atoms with van der Waals surface area (Å²) in [5.74, 6) is 0.253. The lowest BCUT2D eigenvalue weighted by molar-refractivity contribution is -0.129. The minimum absolute atomic E-state index is 0.253. The van der Waals surface area contributed by atoms with Gasteiger partial charge in [-0.2, -0.15) is 0 Å². The van der Waals surface area contributed by atoms with Crippen LogP contribution < -0.4 is 5.32 Å². The summed E-state index contributed by atoms with van der Waals surface area (Å²) in [6.45, 7) is 4.06. The highest BCUT2D eigenvalue weighted by molar-refractivity contribution is 6.30. The Morgan fingerprint density at radius 2 is 1.90 bits per heavy atom. The van der Waals surface area contributed by atoms with E-state index < -0.39 is 0 Å². The number of rotatable bonds is 2. The van der Waals surface area contributed by atoms with Crippen molar-refractivity contribution in [3.05, 3.63) is 34.9 Å². The highest BCUT2D eigenvalue weighted by atomic mass is 35.5. The van der Waals surface area contributed by atoms with Crippen molar-refractivity contribution in [3.8, 4) is 0 Å². The largest absolute Gasteiger partial charge is 0.342 e. The van der Waals surface area contributed by atoms with Crippen molar-refractivity contribution < 1.29 is 4.79 Å². The number of piperidine rings is 1. The van der Waals surface area contributed by atoms with E-state index in [-0.39, 0.29) is 5.91 Å². The Morgan fingerprint density at radius 1 is 1.20 bits per heavy atom. The Kier molecular flexibility index (Phi) is 3.99. The maximum Gasteiger partial charge on any atom is 0.227 e. The molecule has 2 aliphatic heterocycles. The molecule has 0 aliphatic carbocycles. The molecular formula is C16H21ClN2O. The molecule has 0 radical (unpaired) electrons. The van der Waals surface area contributed by atoms with Crippen molar-refractivity contribution in [1.29, 1.82) is 0 Å². The number of carbonyl (C=O) groups is 1. The van der Waals surface area contributed by atoms with Crippen LogP contribution in [0.3, 0.4) is 0 Å². The van der Waals surface area contributed by atoms with E-state index in [2.05, 4.69) is 10.2 Å². The van der Waals surface area contributed by atoms with Crippen LogP contribution in [-0.2, 0) is 11.2 Å². The Balaban J connectivity index is 1.59. The zero-order valence-corrected chi connectivity index (χ0v) is 12.5. The Bertz CT molecular complexity index is 480. The standard InChI is InChI=1S/C16H21ClN2O/c17-14-3-1-13(2-4-14)11-15(20)19-10-7-16(12-19)5-8-18-9-6-16/h1-4,18H,5-12H2. The number of carbonyl (C=O) groups excluding carboxylic acids is 1. The van der Waals surface area contributed by atoms with Crippen molar-refractivity contribution in [3.63, 3.8) is 0 Å². The van der Waals surface area contributed by atoms with Gasteiger partial charge in [-0.3, -0.25) is 4.79 Å². The summed E-state index contributed by atoms with van der Waals surface area (Å²) in [6, 6.07) is 7.58. The zero-order valence-electron chi connectivity index (χ0n) is 11.7. The fourth-order valence-electron chi connectivity index (χ4n) is 3.40. The molecule has 0 unspecified atom stereocenters. The summed E-state index contributed by atoms with van der Waals surface area (Å²) in [7, 11) is 0. The number of nitrogens with zero attached hydrogens (tertiary/aromatic N) is 1. The molecule has 0 bridgehead atoms. The summed E-state index contributed by atoms with van der Waals surface area (Å²) in [5, 5.41) is 4.13. The van der Waals surface area contributed by atoms with Crippen LogP contribution in [0, 0.1) is 5.41 Å². The molecule has 108 valence electrons. The lowest BCUT2D eigenvalue weighted by Crippen LogP contribution is -2.40. The topological polar surface area (TPSA) is 32.3 Å². The molecule has 0 aromatic heterocycles. The molecular weight excluding hydrogens is 272 g/mol. The monoisotopic (exact) mass is 292 g/mol.